The van der Waals surface area contributed by atoms with Crippen LogP contribution in [-0.2, 0) is 32.9 Å². The SMILES string of the molecule is CO[C@@H]1[C@H](O[Si](C)(C)C(C)(C)C)[C@H](I)[C@@H](O[C@H]2[C@@H](OC(C)=O)[C@@H](C)O[C@@H](O)[C@@H]2[Se]c2ccccc2)O[C@@H]1C. The van der Waals surface area contributed by atoms with Gasteiger partial charge in [0.25, 0.3) is 0 Å². The van der Waals surface area contributed by atoms with Crippen LogP contribution in [0.1, 0.15) is 41.5 Å². The zero-order valence-electron chi connectivity index (χ0n) is 23.8. The van der Waals surface area contributed by atoms with Crippen LogP contribution in [0.15, 0.2) is 30.3 Å². The van der Waals surface area contributed by atoms with Crippen molar-refractivity contribution in [2.24, 2.45) is 0 Å². The molecule has 8 nitrogen and oxygen atoms in total. The molecule has 1 N–H and O–H groups in total. The van der Waals surface area contributed by atoms with Gasteiger partial charge in [-0.3, -0.25) is 0 Å². The zero-order valence-corrected chi connectivity index (χ0v) is 28.6. The van der Waals surface area contributed by atoms with E-state index in [4.69, 9.17) is 28.1 Å². The van der Waals surface area contributed by atoms with Gasteiger partial charge in [0, 0.05) is 0 Å². The monoisotopic (exact) mass is 730 g/mol. The van der Waals surface area contributed by atoms with Crippen molar-refractivity contribution in [1.82, 2.24) is 0 Å². The number of halogens is 1. The predicted molar refractivity (Wildman–Crippen MR) is 158 cm³/mol. The van der Waals surface area contributed by atoms with Crippen LogP contribution in [0.4, 0.5) is 0 Å². The van der Waals surface area contributed by atoms with Crippen molar-refractivity contribution in [2.45, 2.75) is 118 Å². The van der Waals surface area contributed by atoms with Gasteiger partial charge in [-0.25, -0.2) is 0 Å². The molecule has 216 valence electrons. The Hall–Kier alpha value is -0.0836. The fourth-order valence-corrected chi connectivity index (χ4v) is 9.41. The number of hydrogen-bond donors (Lipinski definition) is 1. The number of methoxy groups -OCH3 is 1. The second-order valence-electron chi connectivity index (χ2n) is 11.5. The van der Waals surface area contributed by atoms with Crippen molar-refractivity contribution in [3.8, 4) is 0 Å². The van der Waals surface area contributed by atoms with Crippen LogP contribution in [0, 0.1) is 0 Å². The van der Waals surface area contributed by atoms with E-state index in [-0.39, 0.29) is 42.2 Å². The summed E-state index contributed by atoms with van der Waals surface area (Å²) in [5, 5.41) is 11.1. The first-order valence-electron chi connectivity index (χ1n) is 13.0. The first-order chi connectivity index (χ1) is 17.7. The van der Waals surface area contributed by atoms with Gasteiger partial charge in [0.1, 0.15) is 0 Å². The van der Waals surface area contributed by atoms with Crippen LogP contribution in [0.2, 0.25) is 22.9 Å². The van der Waals surface area contributed by atoms with Crippen LogP contribution in [0.5, 0.6) is 0 Å². The maximum atomic E-state index is 12.1. The van der Waals surface area contributed by atoms with Crippen molar-refractivity contribution in [3.63, 3.8) is 0 Å². The fourth-order valence-electron chi connectivity index (χ4n) is 4.49. The molecule has 0 saturated carbocycles. The number of esters is 1. The molecule has 0 spiro atoms. The van der Waals surface area contributed by atoms with E-state index in [2.05, 4.69) is 56.5 Å². The number of alkyl halides is 1. The molecule has 10 atom stereocenters. The summed E-state index contributed by atoms with van der Waals surface area (Å²) in [5.41, 5.74) is 0. The van der Waals surface area contributed by atoms with E-state index in [9.17, 15) is 9.90 Å². The Morgan fingerprint density at radius 3 is 2.18 bits per heavy atom. The molecular formula is C27H43IO8SeSi. The third-order valence-corrected chi connectivity index (χ3v) is 16.1. The summed E-state index contributed by atoms with van der Waals surface area (Å²) < 4.78 is 38.3. The van der Waals surface area contributed by atoms with Crippen LogP contribution >= 0.6 is 22.6 Å². The van der Waals surface area contributed by atoms with E-state index < -0.39 is 50.0 Å². The molecular weight excluding hydrogens is 686 g/mol. The molecule has 0 radical (unpaired) electrons. The molecule has 1 aromatic carbocycles. The van der Waals surface area contributed by atoms with E-state index in [0.717, 1.165) is 4.46 Å². The number of aliphatic hydroxyl groups excluding tert-OH is 1. The third-order valence-electron chi connectivity index (χ3n) is 7.57. The van der Waals surface area contributed by atoms with Crippen molar-refractivity contribution in [1.29, 1.82) is 0 Å². The summed E-state index contributed by atoms with van der Waals surface area (Å²) in [7, 11) is -0.464. The molecule has 0 amide bonds. The van der Waals surface area contributed by atoms with Crippen molar-refractivity contribution < 1.29 is 38.0 Å². The first kappa shape index (κ1) is 32.4. The van der Waals surface area contributed by atoms with Crippen LogP contribution in [0.25, 0.3) is 0 Å². The van der Waals surface area contributed by atoms with Gasteiger partial charge in [-0.1, -0.05) is 0 Å². The molecule has 0 bridgehead atoms. The Balaban J connectivity index is 1.93. The first-order valence-corrected chi connectivity index (χ1v) is 19.0. The van der Waals surface area contributed by atoms with Gasteiger partial charge in [-0.05, 0) is 0 Å². The van der Waals surface area contributed by atoms with Crippen LogP contribution in [-0.4, -0.2) is 94.6 Å². The fraction of sp³-hybridized carbons (Fsp3) is 0.741. The number of carbonyl (C=O) groups is 1. The molecule has 1 aromatic rings. The second kappa shape index (κ2) is 13.3. The molecule has 2 saturated heterocycles. The minimum atomic E-state index is -2.15. The average Bonchev–Trinajstić information content (AvgIpc) is 2.81. The topological polar surface area (TPSA) is 92.7 Å². The van der Waals surface area contributed by atoms with Gasteiger partial charge in [-0.15, -0.1) is 0 Å². The number of hydrogen-bond acceptors (Lipinski definition) is 8. The second-order valence-corrected chi connectivity index (χ2v) is 20.3. The zero-order chi connectivity index (χ0) is 28.4. The van der Waals surface area contributed by atoms with Gasteiger partial charge in [0.2, 0.25) is 0 Å². The van der Waals surface area contributed by atoms with E-state index >= 15 is 0 Å². The summed E-state index contributed by atoms with van der Waals surface area (Å²) >= 11 is 2.11. The molecule has 38 heavy (non-hydrogen) atoms. The third kappa shape index (κ3) is 7.60. The summed E-state index contributed by atoms with van der Waals surface area (Å²) in [6.07, 6.45) is -4.45. The van der Waals surface area contributed by atoms with Crippen molar-refractivity contribution in [2.75, 3.05) is 7.11 Å². The van der Waals surface area contributed by atoms with E-state index in [1.165, 1.54) is 6.92 Å². The average molecular weight is 730 g/mol. The molecule has 2 aliphatic rings. The molecule has 11 heteroatoms. The normalized spacial score (nSPS) is 36.6. The Morgan fingerprint density at radius 2 is 1.63 bits per heavy atom. The summed E-state index contributed by atoms with van der Waals surface area (Å²) in [6, 6.07) is 9.94. The maximum absolute atomic E-state index is 12.1. The molecule has 2 aliphatic heterocycles. The number of rotatable bonds is 8. The van der Waals surface area contributed by atoms with E-state index in [1.807, 2.05) is 37.3 Å². The Morgan fingerprint density at radius 1 is 1.03 bits per heavy atom. The molecule has 2 fully saturated rings. The van der Waals surface area contributed by atoms with Gasteiger partial charge in [0.05, 0.1) is 0 Å². The summed E-state index contributed by atoms with van der Waals surface area (Å²) in [5.74, 6) is -0.427. The van der Waals surface area contributed by atoms with Crippen LogP contribution in [0.3, 0.4) is 0 Å². The van der Waals surface area contributed by atoms with Crippen molar-refractivity contribution in [3.05, 3.63) is 30.3 Å². The van der Waals surface area contributed by atoms with Gasteiger partial charge < -0.3 is 0 Å². The standard InChI is InChI=1S/C27H43IO8SeSi/c1-15-20(31-7)22(36-38(8,9)27(4,5)6)19(28)26(33-15)35-23-21(34-17(3)29)16(2)32-25(30)24(23)37-18-13-11-10-12-14-18/h10-16,19-26,30H,1-9H3/t15-,16-,19+,20+,21+,22-,23+,24-,25-,26-/m1/s1. The summed E-state index contributed by atoms with van der Waals surface area (Å²) in [4.78, 5) is 11.7. The molecule has 0 aromatic heterocycles. The van der Waals surface area contributed by atoms with E-state index in [0.29, 0.717) is 0 Å². The molecule has 3 rings (SSSR count). The quantitative estimate of drug-likeness (QED) is 0.187. The number of ether oxygens (including phenoxy) is 5. The number of benzene rings is 1. The Bertz CT molecular complexity index is 916. The minimum absolute atomic E-state index is 0.0174. The molecule has 2 heterocycles. The van der Waals surface area contributed by atoms with Crippen molar-refractivity contribution >= 4 is 56.3 Å². The van der Waals surface area contributed by atoms with Crippen LogP contribution < -0.4 is 4.46 Å². The molecule has 0 unspecified atom stereocenters. The number of aliphatic hydroxyl groups is 1. The molecule has 0 aliphatic carbocycles. The summed E-state index contributed by atoms with van der Waals surface area (Å²) in [6.45, 7) is 16.2. The van der Waals surface area contributed by atoms with Gasteiger partial charge in [0.15, 0.2) is 0 Å². The Labute approximate surface area is 248 Å². The van der Waals surface area contributed by atoms with E-state index in [1.54, 1.807) is 14.0 Å². The predicted octanol–water partition coefficient (Wildman–Crippen LogP) is 3.81. The number of carbonyl (C=O) groups excluding carboxylic acids is 1. The Kier molecular flexibility index (Phi) is 11.3. The van der Waals surface area contributed by atoms with Gasteiger partial charge in [-0.2, -0.15) is 0 Å². The van der Waals surface area contributed by atoms with Gasteiger partial charge >= 0.3 is 249 Å².